The molecule has 5 nitrogen and oxygen atoms in total. The van der Waals surface area contributed by atoms with Gasteiger partial charge in [-0.15, -0.1) is 11.3 Å². The van der Waals surface area contributed by atoms with E-state index < -0.39 is 11.9 Å². The Morgan fingerprint density at radius 1 is 1.27 bits per heavy atom. The summed E-state index contributed by atoms with van der Waals surface area (Å²) in [5.41, 5.74) is -0.236. The summed E-state index contributed by atoms with van der Waals surface area (Å²) < 4.78 is 11.0. The van der Waals surface area contributed by atoms with E-state index in [1.165, 1.54) is 23.5 Å². The van der Waals surface area contributed by atoms with Crippen LogP contribution in [0.3, 0.4) is 0 Å². The van der Waals surface area contributed by atoms with Gasteiger partial charge in [0.2, 0.25) is 0 Å². The average molecular weight is 341 g/mol. The van der Waals surface area contributed by atoms with E-state index in [1.807, 2.05) is 0 Å². The number of hydrogen-bond donors (Lipinski definition) is 1. The van der Waals surface area contributed by atoms with Crippen molar-refractivity contribution in [2.24, 2.45) is 0 Å². The average Bonchev–Trinajstić information content (AvgIpc) is 2.90. The maximum Gasteiger partial charge on any atom is 0.340 e. The molecule has 0 atom stereocenters. The Kier molecular flexibility index (Phi) is 5.41. The van der Waals surface area contributed by atoms with Crippen molar-refractivity contribution >= 4 is 34.9 Å². The largest absolute Gasteiger partial charge is 0.487 e. The molecule has 1 aromatic heterocycles. The Hall–Kier alpha value is -2.05. The Bertz CT molecular complexity index is 695. The Morgan fingerprint density at radius 2 is 2.05 bits per heavy atom. The van der Waals surface area contributed by atoms with Crippen molar-refractivity contribution in [2.75, 3.05) is 6.61 Å². The highest BCUT2D eigenvalue weighted by molar-refractivity contribution is 7.16. The van der Waals surface area contributed by atoms with Gasteiger partial charge in [-0.2, -0.15) is 0 Å². The fourth-order valence-electron chi connectivity index (χ4n) is 1.83. The highest BCUT2D eigenvalue weighted by atomic mass is 35.5. The third-order valence-corrected chi connectivity index (χ3v) is 3.94. The van der Waals surface area contributed by atoms with Gasteiger partial charge < -0.3 is 14.6 Å². The van der Waals surface area contributed by atoms with Gasteiger partial charge in [-0.1, -0.05) is 17.7 Å². The summed E-state index contributed by atoms with van der Waals surface area (Å²) in [6.45, 7) is 1.99. The van der Waals surface area contributed by atoms with Crippen molar-refractivity contribution in [2.45, 2.75) is 13.5 Å². The van der Waals surface area contributed by atoms with Crippen molar-refractivity contribution in [1.82, 2.24) is 0 Å². The Labute approximate surface area is 136 Å². The van der Waals surface area contributed by atoms with Gasteiger partial charge >= 0.3 is 11.9 Å². The molecule has 0 aliphatic heterocycles. The van der Waals surface area contributed by atoms with E-state index in [-0.39, 0.29) is 30.1 Å². The molecule has 0 aliphatic carbocycles. The number of ether oxygens (including phenoxy) is 2. The molecule has 0 saturated heterocycles. The van der Waals surface area contributed by atoms with Crippen LogP contribution in [0.1, 0.15) is 32.5 Å². The van der Waals surface area contributed by atoms with Gasteiger partial charge in [0, 0.05) is 4.88 Å². The maximum absolute atomic E-state index is 11.8. The molecule has 7 heteroatoms. The Balaban J connectivity index is 2.28. The molecule has 116 valence electrons. The second kappa shape index (κ2) is 7.29. The van der Waals surface area contributed by atoms with E-state index >= 15 is 0 Å². The van der Waals surface area contributed by atoms with Gasteiger partial charge in [-0.25, -0.2) is 9.59 Å². The van der Waals surface area contributed by atoms with Crippen LogP contribution >= 0.6 is 22.9 Å². The number of carboxylic acids is 1. The number of aromatic carboxylic acids is 1. The number of carboxylic acid groups (broad SMARTS) is 1. The van der Waals surface area contributed by atoms with Gasteiger partial charge in [-0.05, 0) is 31.2 Å². The van der Waals surface area contributed by atoms with Gasteiger partial charge in [0.15, 0.2) is 0 Å². The minimum atomic E-state index is -1.25. The lowest BCUT2D eigenvalue weighted by Gasteiger charge is -2.11. The number of rotatable bonds is 6. The van der Waals surface area contributed by atoms with Crippen LogP contribution in [0.5, 0.6) is 5.75 Å². The SMILES string of the molecule is CCOC(=O)c1cccc(OCc2ccc(Cl)s2)c1C(=O)O. The summed E-state index contributed by atoms with van der Waals surface area (Å²) in [5, 5.41) is 9.36. The molecular formula is C15H13ClO5S. The summed E-state index contributed by atoms with van der Waals surface area (Å²) in [7, 11) is 0. The first-order valence-electron chi connectivity index (χ1n) is 6.43. The molecule has 1 heterocycles. The number of thiophene rings is 1. The molecule has 0 bridgehead atoms. The monoisotopic (exact) mass is 340 g/mol. The lowest BCUT2D eigenvalue weighted by molar-refractivity contribution is 0.0513. The van der Waals surface area contributed by atoms with E-state index in [9.17, 15) is 14.7 Å². The molecule has 0 aliphatic rings. The minimum absolute atomic E-state index is 0.0314. The van der Waals surface area contributed by atoms with Crippen LogP contribution in [-0.4, -0.2) is 23.7 Å². The topological polar surface area (TPSA) is 72.8 Å². The van der Waals surface area contributed by atoms with E-state index in [4.69, 9.17) is 21.1 Å². The maximum atomic E-state index is 11.8. The highest BCUT2D eigenvalue weighted by Gasteiger charge is 2.22. The van der Waals surface area contributed by atoms with E-state index in [0.717, 1.165) is 4.88 Å². The molecule has 0 fully saturated rings. The summed E-state index contributed by atoms with van der Waals surface area (Å²) in [6, 6.07) is 7.98. The number of halogens is 1. The molecule has 1 N–H and O–H groups in total. The zero-order valence-electron chi connectivity index (χ0n) is 11.7. The normalized spacial score (nSPS) is 10.3. The fourth-order valence-corrected chi connectivity index (χ4v) is 2.83. The number of carbonyl (C=O) groups excluding carboxylic acids is 1. The lowest BCUT2D eigenvalue weighted by atomic mass is 10.1. The summed E-state index contributed by atoms with van der Waals surface area (Å²) in [6.07, 6.45) is 0. The predicted octanol–water partition coefficient (Wildman–Crippen LogP) is 3.86. The molecular weight excluding hydrogens is 328 g/mol. The first kappa shape index (κ1) is 16.3. The molecule has 0 amide bonds. The molecule has 2 rings (SSSR count). The predicted molar refractivity (Wildman–Crippen MR) is 83.0 cm³/mol. The number of hydrogen-bond acceptors (Lipinski definition) is 5. The molecule has 0 radical (unpaired) electrons. The molecule has 22 heavy (non-hydrogen) atoms. The first-order chi connectivity index (χ1) is 10.5. The molecule has 2 aromatic rings. The number of benzene rings is 1. The number of esters is 1. The standard InChI is InChI=1S/C15H13ClO5S/c1-2-20-15(19)10-4-3-5-11(13(10)14(17)18)21-8-9-6-7-12(16)22-9/h3-7H,2,8H2,1H3,(H,17,18). The quantitative estimate of drug-likeness (QED) is 0.808. The van der Waals surface area contributed by atoms with Crippen molar-refractivity contribution in [1.29, 1.82) is 0 Å². The van der Waals surface area contributed by atoms with Crippen LogP contribution < -0.4 is 4.74 Å². The van der Waals surface area contributed by atoms with E-state index in [0.29, 0.717) is 4.34 Å². The summed E-state index contributed by atoms with van der Waals surface area (Å²) in [4.78, 5) is 24.2. The molecule has 0 unspecified atom stereocenters. The van der Waals surface area contributed by atoms with Crippen molar-refractivity contribution in [3.05, 3.63) is 50.7 Å². The van der Waals surface area contributed by atoms with Gasteiger partial charge in [0.05, 0.1) is 16.5 Å². The first-order valence-corrected chi connectivity index (χ1v) is 7.62. The third kappa shape index (κ3) is 3.78. The zero-order chi connectivity index (χ0) is 16.1. The second-order valence-corrected chi connectivity index (χ2v) is 6.00. The molecule has 0 saturated carbocycles. The van der Waals surface area contributed by atoms with Crippen LogP contribution in [-0.2, 0) is 11.3 Å². The van der Waals surface area contributed by atoms with Crippen molar-refractivity contribution < 1.29 is 24.2 Å². The van der Waals surface area contributed by atoms with Gasteiger partial charge in [0.25, 0.3) is 0 Å². The smallest absolute Gasteiger partial charge is 0.340 e. The summed E-state index contributed by atoms with van der Waals surface area (Å²) in [5.74, 6) is -1.82. The Morgan fingerprint density at radius 3 is 2.64 bits per heavy atom. The molecule has 1 aromatic carbocycles. The van der Waals surface area contributed by atoms with Crippen LogP contribution in [0.4, 0.5) is 0 Å². The van der Waals surface area contributed by atoms with Gasteiger partial charge in [-0.3, -0.25) is 0 Å². The van der Waals surface area contributed by atoms with Crippen molar-refractivity contribution in [3.8, 4) is 5.75 Å². The van der Waals surface area contributed by atoms with E-state index in [1.54, 1.807) is 25.1 Å². The highest BCUT2D eigenvalue weighted by Crippen LogP contribution is 2.27. The third-order valence-electron chi connectivity index (χ3n) is 2.73. The zero-order valence-corrected chi connectivity index (χ0v) is 13.2. The van der Waals surface area contributed by atoms with Crippen LogP contribution in [0.25, 0.3) is 0 Å². The molecule has 0 spiro atoms. The van der Waals surface area contributed by atoms with E-state index in [2.05, 4.69) is 0 Å². The number of carbonyl (C=O) groups is 2. The minimum Gasteiger partial charge on any atom is -0.487 e. The van der Waals surface area contributed by atoms with Crippen LogP contribution in [0, 0.1) is 0 Å². The van der Waals surface area contributed by atoms with Gasteiger partial charge in [0.1, 0.15) is 17.9 Å². The lowest BCUT2D eigenvalue weighted by Crippen LogP contribution is -2.13. The fraction of sp³-hybridized carbons (Fsp3) is 0.200. The van der Waals surface area contributed by atoms with Crippen molar-refractivity contribution in [3.63, 3.8) is 0 Å². The van der Waals surface area contributed by atoms with Crippen LogP contribution in [0.15, 0.2) is 30.3 Å². The van der Waals surface area contributed by atoms with Crippen LogP contribution in [0.2, 0.25) is 4.34 Å². The summed E-state index contributed by atoms with van der Waals surface area (Å²) >= 11 is 7.17. The second-order valence-electron chi connectivity index (χ2n) is 4.20.